The second-order valence-electron chi connectivity index (χ2n) is 4.24. The highest BCUT2D eigenvalue weighted by Crippen LogP contribution is 2.00. The number of nitrogens with one attached hydrogen (secondary N) is 1. The van der Waals surface area contributed by atoms with Gasteiger partial charge in [-0.1, -0.05) is 13.0 Å². The molecule has 1 atom stereocenters. The molecule has 3 N–H and O–H groups in total. The average Bonchev–Trinajstić information content (AvgIpc) is 2.36. The topological polar surface area (TPSA) is 71.2 Å². The third-order valence-corrected chi connectivity index (χ3v) is 2.65. The summed E-state index contributed by atoms with van der Waals surface area (Å²) in [4.78, 5) is 17.6. The van der Waals surface area contributed by atoms with E-state index in [1.165, 1.54) is 0 Å². The lowest BCUT2D eigenvalue weighted by atomic mass is 10.1. The summed E-state index contributed by atoms with van der Waals surface area (Å²) >= 11 is 0. The molecule has 1 rings (SSSR count). The fourth-order valence-electron chi connectivity index (χ4n) is 1.64. The van der Waals surface area contributed by atoms with Gasteiger partial charge in [-0.25, -0.2) is 5.84 Å². The summed E-state index contributed by atoms with van der Waals surface area (Å²) < 4.78 is 0. The number of hydrogen-bond donors (Lipinski definition) is 2. The van der Waals surface area contributed by atoms with E-state index in [0.29, 0.717) is 6.54 Å². The molecule has 0 aromatic carbocycles. The Labute approximate surface area is 102 Å². The van der Waals surface area contributed by atoms with Crippen molar-refractivity contribution in [3.05, 3.63) is 30.1 Å². The van der Waals surface area contributed by atoms with Crippen molar-refractivity contribution in [2.24, 2.45) is 11.8 Å². The van der Waals surface area contributed by atoms with Gasteiger partial charge in [0, 0.05) is 37.3 Å². The second kappa shape index (κ2) is 6.98. The molecule has 1 amide bonds. The maximum atomic E-state index is 11.2. The number of nitrogens with two attached hydrogens (primary N) is 1. The van der Waals surface area contributed by atoms with E-state index in [1.807, 2.05) is 32.2 Å². The van der Waals surface area contributed by atoms with Gasteiger partial charge in [0.2, 0.25) is 5.91 Å². The first-order valence-corrected chi connectivity index (χ1v) is 5.72. The van der Waals surface area contributed by atoms with Crippen LogP contribution in [0.1, 0.15) is 12.6 Å². The van der Waals surface area contributed by atoms with E-state index < -0.39 is 0 Å². The summed E-state index contributed by atoms with van der Waals surface area (Å²) in [5.41, 5.74) is 3.23. The Balaban J connectivity index is 2.30. The average molecular weight is 236 g/mol. The molecule has 1 heterocycles. The molecule has 1 aromatic rings. The number of aromatic nitrogens is 1. The van der Waals surface area contributed by atoms with Crippen LogP contribution in [0.15, 0.2) is 24.4 Å². The van der Waals surface area contributed by atoms with Crippen molar-refractivity contribution in [3.63, 3.8) is 0 Å². The van der Waals surface area contributed by atoms with Gasteiger partial charge in [0.05, 0.1) is 0 Å². The highest BCUT2D eigenvalue weighted by molar-refractivity contribution is 5.77. The fraction of sp³-hybridized carbons (Fsp3) is 0.500. The van der Waals surface area contributed by atoms with Gasteiger partial charge in [-0.15, -0.1) is 0 Å². The first kappa shape index (κ1) is 13.6. The predicted octanol–water partition coefficient (Wildman–Crippen LogP) is 0.182. The first-order chi connectivity index (χ1) is 8.13. The molecule has 0 aliphatic carbocycles. The first-order valence-electron chi connectivity index (χ1n) is 5.72. The van der Waals surface area contributed by atoms with Crippen molar-refractivity contribution in [2.45, 2.75) is 13.3 Å². The number of nitrogens with zero attached hydrogens (tertiary/aromatic N) is 2. The minimum atomic E-state index is -0.130. The molecule has 0 aliphatic heterocycles. The summed E-state index contributed by atoms with van der Waals surface area (Å²) in [6.07, 6.45) is 2.67. The van der Waals surface area contributed by atoms with E-state index in [0.717, 1.165) is 18.7 Å². The van der Waals surface area contributed by atoms with Crippen LogP contribution in [-0.2, 0) is 11.2 Å². The fourth-order valence-corrected chi connectivity index (χ4v) is 1.64. The molecule has 0 saturated heterocycles. The van der Waals surface area contributed by atoms with Gasteiger partial charge in [0.15, 0.2) is 0 Å². The van der Waals surface area contributed by atoms with Gasteiger partial charge < -0.3 is 4.90 Å². The van der Waals surface area contributed by atoms with E-state index in [1.54, 1.807) is 6.20 Å². The predicted molar refractivity (Wildman–Crippen MR) is 66.9 cm³/mol. The molecule has 0 radical (unpaired) electrons. The van der Waals surface area contributed by atoms with Crippen LogP contribution in [-0.4, -0.2) is 35.9 Å². The van der Waals surface area contributed by atoms with Crippen LogP contribution in [0.3, 0.4) is 0 Å². The quantitative estimate of drug-likeness (QED) is 0.420. The highest BCUT2D eigenvalue weighted by atomic mass is 16.2. The van der Waals surface area contributed by atoms with Gasteiger partial charge in [-0.05, 0) is 19.2 Å². The maximum Gasteiger partial charge on any atom is 0.237 e. The standard InChI is InChI=1S/C12H20N4O/c1-10(12(17)15-13)9-16(2)8-6-11-5-3-4-7-14-11/h3-5,7,10H,6,8-9,13H2,1-2H3,(H,15,17). The van der Waals surface area contributed by atoms with Crippen molar-refractivity contribution in [1.29, 1.82) is 0 Å². The maximum absolute atomic E-state index is 11.2. The lowest BCUT2D eigenvalue weighted by Crippen LogP contribution is -2.40. The zero-order chi connectivity index (χ0) is 12.7. The zero-order valence-electron chi connectivity index (χ0n) is 10.4. The molecule has 94 valence electrons. The molecule has 1 unspecified atom stereocenters. The highest BCUT2D eigenvalue weighted by Gasteiger charge is 2.13. The van der Waals surface area contributed by atoms with E-state index >= 15 is 0 Å². The number of carbonyl (C=O) groups excluding carboxylic acids is 1. The van der Waals surface area contributed by atoms with E-state index in [4.69, 9.17) is 5.84 Å². The molecular weight excluding hydrogens is 216 g/mol. The monoisotopic (exact) mass is 236 g/mol. The molecule has 5 nitrogen and oxygen atoms in total. The molecule has 1 aromatic heterocycles. The Bertz CT molecular complexity index is 342. The molecular formula is C12H20N4O. The van der Waals surface area contributed by atoms with Crippen LogP contribution in [0.4, 0.5) is 0 Å². The minimum Gasteiger partial charge on any atom is -0.305 e. The van der Waals surface area contributed by atoms with Crippen LogP contribution < -0.4 is 11.3 Å². The molecule has 0 fully saturated rings. The number of hydrogen-bond acceptors (Lipinski definition) is 4. The van der Waals surface area contributed by atoms with E-state index in [2.05, 4.69) is 15.3 Å². The third-order valence-electron chi connectivity index (χ3n) is 2.65. The number of amides is 1. The largest absolute Gasteiger partial charge is 0.305 e. The Kier molecular flexibility index (Phi) is 5.59. The van der Waals surface area contributed by atoms with Crippen molar-refractivity contribution < 1.29 is 4.79 Å². The van der Waals surface area contributed by atoms with Crippen molar-refractivity contribution in [2.75, 3.05) is 20.1 Å². The van der Waals surface area contributed by atoms with Gasteiger partial charge in [-0.3, -0.25) is 15.2 Å². The Morgan fingerprint density at radius 3 is 2.94 bits per heavy atom. The lowest BCUT2D eigenvalue weighted by molar-refractivity contribution is -0.125. The Morgan fingerprint density at radius 2 is 2.35 bits per heavy atom. The summed E-state index contributed by atoms with van der Waals surface area (Å²) in [6, 6.07) is 5.89. The summed E-state index contributed by atoms with van der Waals surface area (Å²) in [5, 5.41) is 0. The van der Waals surface area contributed by atoms with Crippen LogP contribution >= 0.6 is 0 Å². The van der Waals surface area contributed by atoms with Gasteiger partial charge >= 0.3 is 0 Å². The van der Waals surface area contributed by atoms with Gasteiger partial charge in [-0.2, -0.15) is 0 Å². The Hall–Kier alpha value is -1.46. The second-order valence-corrected chi connectivity index (χ2v) is 4.24. The van der Waals surface area contributed by atoms with Crippen LogP contribution in [0.2, 0.25) is 0 Å². The van der Waals surface area contributed by atoms with E-state index in [9.17, 15) is 4.79 Å². The summed E-state index contributed by atoms with van der Waals surface area (Å²) in [6.45, 7) is 3.43. The smallest absolute Gasteiger partial charge is 0.237 e. The van der Waals surface area contributed by atoms with Crippen LogP contribution in [0.5, 0.6) is 0 Å². The normalized spacial score (nSPS) is 12.5. The zero-order valence-corrected chi connectivity index (χ0v) is 10.4. The van der Waals surface area contributed by atoms with E-state index in [-0.39, 0.29) is 11.8 Å². The summed E-state index contributed by atoms with van der Waals surface area (Å²) in [7, 11) is 1.99. The lowest BCUT2D eigenvalue weighted by Gasteiger charge is -2.19. The molecule has 0 bridgehead atoms. The van der Waals surface area contributed by atoms with Crippen LogP contribution in [0, 0.1) is 5.92 Å². The molecule has 0 aliphatic rings. The van der Waals surface area contributed by atoms with Gasteiger partial charge in [0.25, 0.3) is 0 Å². The summed E-state index contributed by atoms with van der Waals surface area (Å²) in [5.74, 6) is 4.85. The number of likely N-dealkylation sites (N-methyl/N-ethyl adjacent to an activating group) is 1. The molecule has 5 heteroatoms. The van der Waals surface area contributed by atoms with Crippen molar-refractivity contribution >= 4 is 5.91 Å². The third kappa shape index (κ3) is 4.93. The number of pyridine rings is 1. The SMILES string of the molecule is CC(CN(C)CCc1ccccn1)C(=O)NN. The Morgan fingerprint density at radius 1 is 1.59 bits per heavy atom. The number of carbonyl (C=O) groups is 1. The molecule has 0 spiro atoms. The van der Waals surface area contributed by atoms with Gasteiger partial charge in [0.1, 0.15) is 0 Å². The molecule has 17 heavy (non-hydrogen) atoms. The van der Waals surface area contributed by atoms with Crippen molar-refractivity contribution in [1.82, 2.24) is 15.3 Å². The van der Waals surface area contributed by atoms with Crippen molar-refractivity contribution in [3.8, 4) is 0 Å². The minimum absolute atomic E-state index is 0.103. The number of hydrazine groups is 1. The number of rotatable bonds is 6. The molecule has 0 saturated carbocycles. The van der Waals surface area contributed by atoms with Crippen LogP contribution in [0.25, 0.3) is 0 Å².